The second-order valence-electron chi connectivity index (χ2n) is 9.62. The average Bonchev–Trinajstić information content (AvgIpc) is 3.77. The number of aliphatic hydroxyl groups excluding tert-OH is 1. The molecule has 0 saturated carbocycles. The normalized spacial score (nSPS) is 14.9. The highest BCUT2D eigenvalue weighted by molar-refractivity contribution is 8.00. The Balaban J connectivity index is 1.32. The predicted molar refractivity (Wildman–Crippen MR) is 166 cm³/mol. The molecule has 210 valence electrons. The Morgan fingerprint density at radius 2 is 1.79 bits per heavy atom. The van der Waals surface area contributed by atoms with Crippen LogP contribution in [0.1, 0.15) is 38.0 Å². The van der Waals surface area contributed by atoms with Crippen molar-refractivity contribution in [1.29, 1.82) is 0 Å². The van der Waals surface area contributed by atoms with E-state index in [0.717, 1.165) is 11.1 Å². The van der Waals surface area contributed by atoms with Gasteiger partial charge in [-0.15, -0.1) is 21.5 Å². The molecule has 2 aromatic heterocycles. The maximum absolute atomic E-state index is 13.7. The molecule has 7 nitrogen and oxygen atoms in total. The molecule has 0 saturated heterocycles. The molecule has 0 fully saturated rings. The third-order valence-electron chi connectivity index (χ3n) is 6.70. The number of ketones is 1. The number of benzene rings is 3. The number of carbonyl (C=O) groups excluding carboxylic acids is 2. The van der Waals surface area contributed by atoms with Gasteiger partial charge in [0.1, 0.15) is 12.4 Å². The summed E-state index contributed by atoms with van der Waals surface area (Å²) >= 11 is 4.02. The first kappa shape index (κ1) is 27.9. The second-order valence-corrected chi connectivity index (χ2v) is 12.7. The van der Waals surface area contributed by atoms with Gasteiger partial charge >= 0.3 is 0 Å². The van der Waals surface area contributed by atoms with Crippen LogP contribution in [0.3, 0.4) is 0 Å². The largest absolute Gasteiger partial charge is 0.503 e. The smallest absolute Gasteiger partial charge is 0.296 e. The Bertz CT molecular complexity index is 1750. The molecule has 0 spiro atoms. The summed E-state index contributed by atoms with van der Waals surface area (Å²) in [4.78, 5) is 29.0. The number of aliphatic hydroxyl groups is 1. The molecular weight excluding hydrogens is 587 g/mol. The fraction of sp³-hybridized carbons (Fsp3) is 0.125. The summed E-state index contributed by atoms with van der Waals surface area (Å²) in [5, 5.41) is 21.8. The number of thioether (sulfide) groups is 1. The van der Waals surface area contributed by atoms with E-state index in [-0.39, 0.29) is 5.57 Å². The van der Waals surface area contributed by atoms with E-state index in [0.29, 0.717) is 38.0 Å². The molecule has 5 aromatic rings. The fourth-order valence-corrected chi connectivity index (χ4v) is 7.09. The van der Waals surface area contributed by atoms with Crippen LogP contribution in [0.5, 0.6) is 5.75 Å². The highest BCUT2D eigenvalue weighted by atomic mass is 32.2. The molecule has 0 bridgehead atoms. The highest BCUT2D eigenvalue weighted by Gasteiger charge is 2.46. The number of amides is 1. The molecule has 6 rings (SSSR count). The van der Waals surface area contributed by atoms with Crippen molar-refractivity contribution in [2.24, 2.45) is 0 Å². The highest BCUT2D eigenvalue weighted by Crippen LogP contribution is 2.44. The van der Waals surface area contributed by atoms with Gasteiger partial charge in [0, 0.05) is 5.75 Å². The zero-order valence-electron chi connectivity index (χ0n) is 22.5. The summed E-state index contributed by atoms with van der Waals surface area (Å²) < 4.78 is 6.72. The lowest BCUT2D eigenvalue weighted by molar-refractivity contribution is -0.117. The van der Waals surface area contributed by atoms with Gasteiger partial charge in [-0.05, 0) is 47.2 Å². The number of ether oxygens (including phenoxy) is 1. The Hall–Kier alpha value is -4.25. The van der Waals surface area contributed by atoms with Gasteiger partial charge in [-0.3, -0.25) is 14.5 Å². The Morgan fingerprint density at radius 3 is 2.55 bits per heavy atom. The third kappa shape index (κ3) is 5.87. The van der Waals surface area contributed by atoms with E-state index < -0.39 is 23.5 Å². The van der Waals surface area contributed by atoms with Crippen LogP contribution < -0.4 is 9.64 Å². The molecule has 1 amide bonds. The Kier molecular flexibility index (Phi) is 8.18. The van der Waals surface area contributed by atoms with Crippen molar-refractivity contribution in [2.75, 3.05) is 4.90 Å². The van der Waals surface area contributed by atoms with Crippen molar-refractivity contribution in [3.63, 3.8) is 0 Å². The van der Waals surface area contributed by atoms with Gasteiger partial charge in [0.05, 0.1) is 16.5 Å². The van der Waals surface area contributed by atoms with Gasteiger partial charge in [-0.25, -0.2) is 0 Å². The maximum Gasteiger partial charge on any atom is 0.296 e. The minimum absolute atomic E-state index is 0.00622. The summed E-state index contributed by atoms with van der Waals surface area (Å²) in [7, 11) is 0. The third-order valence-corrected chi connectivity index (χ3v) is 9.70. The van der Waals surface area contributed by atoms with Crippen molar-refractivity contribution in [2.45, 2.75) is 29.7 Å². The van der Waals surface area contributed by atoms with E-state index in [1.807, 2.05) is 55.5 Å². The second kappa shape index (κ2) is 12.3. The van der Waals surface area contributed by atoms with E-state index in [9.17, 15) is 14.7 Å². The summed E-state index contributed by atoms with van der Waals surface area (Å²) in [6.07, 6.45) is 0. The molecule has 10 heteroatoms. The predicted octanol–water partition coefficient (Wildman–Crippen LogP) is 7.56. The van der Waals surface area contributed by atoms with Crippen LogP contribution in [0.2, 0.25) is 0 Å². The molecule has 1 atom stereocenters. The molecule has 1 aliphatic heterocycles. The van der Waals surface area contributed by atoms with Crippen LogP contribution in [0, 0.1) is 6.92 Å². The Morgan fingerprint density at radius 1 is 0.976 bits per heavy atom. The number of hydrogen-bond donors (Lipinski definition) is 1. The van der Waals surface area contributed by atoms with Crippen LogP contribution in [-0.2, 0) is 17.2 Å². The SMILES string of the molecule is Cc1ccc(CSc2nnc(N3C(=O)C(O)=C(C(=O)c4cccs4)C3c3cccc(OCc4ccccc4)c3)s2)cc1. The number of thiophene rings is 1. The topological polar surface area (TPSA) is 92.6 Å². The van der Waals surface area contributed by atoms with Crippen LogP contribution in [0.15, 0.2) is 112 Å². The maximum atomic E-state index is 13.7. The van der Waals surface area contributed by atoms with Crippen LogP contribution in [0.25, 0.3) is 0 Å². The first-order chi connectivity index (χ1) is 20.5. The summed E-state index contributed by atoms with van der Waals surface area (Å²) in [5.41, 5.74) is 3.97. The van der Waals surface area contributed by atoms with Crippen molar-refractivity contribution < 1.29 is 19.4 Å². The zero-order chi connectivity index (χ0) is 29.1. The van der Waals surface area contributed by atoms with Gasteiger partial charge in [0.25, 0.3) is 5.91 Å². The Labute approximate surface area is 255 Å². The van der Waals surface area contributed by atoms with Gasteiger partial charge in [-0.1, -0.05) is 101 Å². The number of aromatic nitrogens is 2. The lowest BCUT2D eigenvalue weighted by atomic mass is 9.95. The molecule has 1 N–H and O–H groups in total. The van der Waals surface area contributed by atoms with E-state index >= 15 is 0 Å². The molecular formula is C32H25N3O4S3. The molecule has 0 aliphatic carbocycles. The lowest BCUT2D eigenvalue weighted by Gasteiger charge is -2.24. The summed E-state index contributed by atoms with van der Waals surface area (Å²) in [6.45, 7) is 2.40. The molecule has 1 aliphatic rings. The molecule has 3 heterocycles. The van der Waals surface area contributed by atoms with Gasteiger partial charge < -0.3 is 9.84 Å². The van der Waals surface area contributed by atoms with Crippen molar-refractivity contribution >= 4 is 51.3 Å². The number of nitrogens with zero attached hydrogens (tertiary/aromatic N) is 3. The zero-order valence-corrected chi connectivity index (χ0v) is 24.9. The minimum Gasteiger partial charge on any atom is -0.503 e. The summed E-state index contributed by atoms with van der Waals surface area (Å²) in [6, 6.07) is 27.8. The molecule has 42 heavy (non-hydrogen) atoms. The van der Waals surface area contributed by atoms with Crippen molar-refractivity contribution in [3.8, 4) is 5.75 Å². The fourth-order valence-electron chi connectivity index (χ4n) is 4.59. The van der Waals surface area contributed by atoms with Gasteiger partial charge in [-0.2, -0.15) is 0 Å². The minimum atomic E-state index is -0.907. The lowest BCUT2D eigenvalue weighted by Crippen LogP contribution is -2.31. The number of anilines is 1. The molecule has 3 aromatic carbocycles. The average molecular weight is 612 g/mol. The van der Waals surface area contributed by atoms with E-state index in [2.05, 4.69) is 34.5 Å². The van der Waals surface area contributed by atoms with E-state index in [1.54, 1.807) is 23.6 Å². The molecule has 0 radical (unpaired) electrons. The quantitative estimate of drug-likeness (QED) is 0.0990. The van der Waals surface area contributed by atoms with E-state index in [1.165, 1.54) is 44.9 Å². The van der Waals surface area contributed by atoms with Crippen LogP contribution in [0.4, 0.5) is 5.13 Å². The van der Waals surface area contributed by atoms with Gasteiger partial charge in [0.2, 0.25) is 10.9 Å². The number of hydrogen-bond acceptors (Lipinski definition) is 9. The standard InChI is InChI=1S/C32H25N3O4S3/c1-20-12-14-22(15-13-20)19-41-32-34-33-31(42-32)35-27(26(29(37)30(35)38)28(36)25-11-6-16-40-25)23-9-5-10-24(17-23)39-18-21-7-3-2-4-8-21/h2-17,27,37H,18-19H2,1H3. The van der Waals surface area contributed by atoms with Crippen LogP contribution in [-0.4, -0.2) is 27.0 Å². The number of aryl methyl sites for hydroxylation is 1. The molecule has 1 unspecified atom stereocenters. The first-order valence-corrected chi connectivity index (χ1v) is 15.8. The van der Waals surface area contributed by atoms with Crippen molar-refractivity contribution in [1.82, 2.24) is 10.2 Å². The van der Waals surface area contributed by atoms with Crippen molar-refractivity contribution in [3.05, 3.63) is 135 Å². The number of Topliss-reactive ketones (excluding diaryl/α,β-unsaturated/α-hetero) is 1. The van der Waals surface area contributed by atoms with Gasteiger partial charge in [0.15, 0.2) is 10.1 Å². The number of carbonyl (C=O) groups is 2. The van der Waals surface area contributed by atoms with E-state index in [4.69, 9.17) is 4.74 Å². The summed E-state index contributed by atoms with van der Waals surface area (Å²) in [5.74, 6) is -0.416. The number of rotatable bonds is 10. The van der Waals surface area contributed by atoms with Crippen LogP contribution >= 0.6 is 34.4 Å². The first-order valence-electron chi connectivity index (χ1n) is 13.1. The monoisotopic (exact) mass is 611 g/mol.